The Morgan fingerprint density at radius 3 is 2.87 bits per heavy atom. The lowest BCUT2D eigenvalue weighted by molar-refractivity contribution is -0.131. The van der Waals surface area contributed by atoms with Crippen molar-refractivity contribution in [1.82, 2.24) is 9.55 Å². The van der Waals surface area contributed by atoms with E-state index in [1.165, 1.54) is 16.8 Å². The lowest BCUT2D eigenvalue weighted by Crippen LogP contribution is -2.30. The summed E-state index contributed by atoms with van der Waals surface area (Å²) in [5.74, 6) is -1.08. The Morgan fingerprint density at radius 2 is 2.27 bits per heavy atom. The molecule has 0 aliphatic heterocycles. The van der Waals surface area contributed by atoms with Gasteiger partial charge < -0.3 is 5.11 Å². The number of carbonyl (C=O) groups is 1. The molecule has 0 saturated heterocycles. The van der Waals surface area contributed by atoms with E-state index >= 15 is 0 Å². The van der Waals surface area contributed by atoms with Crippen molar-refractivity contribution in [3.05, 3.63) is 44.8 Å². The van der Waals surface area contributed by atoms with E-state index in [0.717, 1.165) is 6.08 Å². The van der Waals surface area contributed by atoms with Gasteiger partial charge in [0.15, 0.2) is 0 Å². The fourth-order valence-corrected chi connectivity index (χ4v) is 1.02. The van der Waals surface area contributed by atoms with E-state index in [0.29, 0.717) is 5.56 Å². The maximum atomic E-state index is 11.2. The molecule has 1 rings (SSSR count). The molecule has 0 spiro atoms. The highest BCUT2D eigenvalue weighted by Gasteiger charge is 1.98. The molecule has 1 heterocycles. The molecule has 1 aromatic rings. The second-order valence-electron chi connectivity index (χ2n) is 2.96. The standard InChI is InChI=1S/C9H10N2O4/c1-6-5-11(4-2-3-7(12)13)9(15)10-8(6)14/h2-3,5H,4H2,1H3,(H,12,13)(H,10,14,15)/b3-2+. The number of aryl methyl sites for hydroxylation is 1. The molecule has 0 radical (unpaired) electrons. The topological polar surface area (TPSA) is 92.2 Å². The fraction of sp³-hybridized carbons (Fsp3) is 0.222. The van der Waals surface area contributed by atoms with E-state index in [9.17, 15) is 14.4 Å². The van der Waals surface area contributed by atoms with Crippen molar-refractivity contribution in [2.45, 2.75) is 13.5 Å². The highest BCUT2D eigenvalue weighted by Crippen LogP contribution is 1.85. The van der Waals surface area contributed by atoms with Crippen LogP contribution in [0.1, 0.15) is 5.56 Å². The zero-order valence-electron chi connectivity index (χ0n) is 8.06. The number of hydrogen-bond acceptors (Lipinski definition) is 3. The number of allylic oxidation sites excluding steroid dienone is 1. The van der Waals surface area contributed by atoms with Crippen LogP contribution in [0.3, 0.4) is 0 Å². The van der Waals surface area contributed by atoms with Crippen LogP contribution in [0.25, 0.3) is 0 Å². The van der Waals surface area contributed by atoms with E-state index in [1.54, 1.807) is 6.92 Å². The highest BCUT2D eigenvalue weighted by atomic mass is 16.4. The third-order valence-corrected chi connectivity index (χ3v) is 1.75. The van der Waals surface area contributed by atoms with Gasteiger partial charge in [-0.25, -0.2) is 9.59 Å². The van der Waals surface area contributed by atoms with Gasteiger partial charge in [-0.15, -0.1) is 0 Å². The van der Waals surface area contributed by atoms with Crippen molar-refractivity contribution in [3.63, 3.8) is 0 Å². The summed E-state index contributed by atoms with van der Waals surface area (Å²) >= 11 is 0. The van der Waals surface area contributed by atoms with Crippen LogP contribution in [0.5, 0.6) is 0 Å². The van der Waals surface area contributed by atoms with E-state index < -0.39 is 17.2 Å². The minimum absolute atomic E-state index is 0.114. The quantitative estimate of drug-likeness (QED) is 0.657. The van der Waals surface area contributed by atoms with E-state index in [1.807, 2.05) is 0 Å². The van der Waals surface area contributed by atoms with Gasteiger partial charge in [0.2, 0.25) is 0 Å². The zero-order chi connectivity index (χ0) is 11.4. The van der Waals surface area contributed by atoms with Crippen LogP contribution < -0.4 is 11.2 Å². The Hall–Kier alpha value is -2.11. The first-order valence-electron chi connectivity index (χ1n) is 4.20. The number of nitrogens with zero attached hydrogens (tertiary/aromatic N) is 1. The van der Waals surface area contributed by atoms with Crippen molar-refractivity contribution >= 4 is 5.97 Å². The van der Waals surface area contributed by atoms with Gasteiger partial charge in [0, 0.05) is 24.4 Å². The van der Waals surface area contributed by atoms with Gasteiger partial charge in [-0.05, 0) is 6.92 Å². The van der Waals surface area contributed by atoms with Crippen LogP contribution in [-0.4, -0.2) is 20.6 Å². The minimum Gasteiger partial charge on any atom is -0.478 e. The van der Waals surface area contributed by atoms with Crippen molar-refractivity contribution in [1.29, 1.82) is 0 Å². The summed E-state index contributed by atoms with van der Waals surface area (Å²) in [6, 6.07) is 0. The molecule has 0 saturated carbocycles. The van der Waals surface area contributed by atoms with Crippen LogP contribution in [-0.2, 0) is 11.3 Å². The summed E-state index contributed by atoms with van der Waals surface area (Å²) in [5.41, 5.74) is -0.586. The number of aromatic nitrogens is 2. The number of hydrogen-bond donors (Lipinski definition) is 2. The first-order valence-corrected chi connectivity index (χ1v) is 4.20. The average Bonchev–Trinajstić information content (AvgIpc) is 2.13. The molecule has 0 aliphatic rings. The second-order valence-corrected chi connectivity index (χ2v) is 2.96. The molecule has 15 heavy (non-hydrogen) atoms. The smallest absolute Gasteiger partial charge is 0.328 e. The summed E-state index contributed by atoms with van der Waals surface area (Å²) in [6.45, 7) is 1.68. The van der Waals surface area contributed by atoms with Gasteiger partial charge in [-0.1, -0.05) is 6.08 Å². The SMILES string of the molecule is Cc1cn(C/C=C/C(=O)O)c(=O)[nH]c1=O. The molecule has 0 atom stereocenters. The molecule has 80 valence electrons. The molecule has 0 bridgehead atoms. The number of nitrogens with one attached hydrogen (secondary N) is 1. The summed E-state index contributed by atoms with van der Waals surface area (Å²) in [5, 5.41) is 8.33. The van der Waals surface area contributed by atoms with Gasteiger partial charge in [0.1, 0.15) is 0 Å². The molecular formula is C9H10N2O4. The average molecular weight is 210 g/mol. The van der Waals surface area contributed by atoms with Crippen LogP contribution in [0, 0.1) is 6.92 Å². The molecular weight excluding hydrogens is 200 g/mol. The fourth-order valence-electron chi connectivity index (χ4n) is 1.02. The van der Waals surface area contributed by atoms with Crippen molar-refractivity contribution in [2.24, 2.45) is 0 Å². The lowest BCUT2D eigenvalue weighted by atomic mass is 10.4. The Kier molecular flexibility index (Phi) is 3.22. The van der Waals surface area contributed by atoms with Gasteiger partial charge in [-0.2, -0.15) is 0 Å². The van der Waals surface area contributed by atoms with Crippen molar-refractivity contribution in [3.8, 4) is 0 Å². The third-order valence-electron chi connectivity index (χ3n) is 1.75. The van der Waals surface area contributed by atoms with E-state index in [4.69, 9.17) is 5.11 Å². The van der Waals surface area contributed by atoms with Crippen LogP contribution in [0.4, 0.5) is 0 Å². The maximum absolute atomic E-state index is 11.2. The van der Waals surface area contributed by atoms with Gasteiger partial charge >= 0.3 is 11.7 Å². The summed E-state index contributed by atoms with van der Waals surface area (Å²) in [6.07, 6.45) is 3.64. The van der Waals surface area contributed by atoms with Crippen LogP contribution in [0.15, 0.2) is 27.9 Å². The number of carboxylic acids is 1. The van der Waals surface area contributed by atoms with E-state index in [2.05, 4.69) is 4.98 Å². The van der Waals surface area contributed by atoms with Crippen molar-refractivity contribution in [2.75, 3.05) is 0 Å². The Morgan fingerprint density at radius 1 is 1.60 bits per heavy atom. The maximum Gasteiger partial charge on any atom is 0.328 e. The monoisotopic (exact) mass is 210 g/mol. The van der Waals surface area contributed by atoms with Crippen LogP contribution >= 0.6 is 0 Å². The molecule has 6 heteroatoms. The number of aromatic amines is 1. The Bertz CT molecular complexity index is 510. The lowest BCUT2D eigenvalue weighted by Gasteiger charge is -2.00. The Labute approximate surface area is 84.5 Å². The van der Waals surface area contributed by atoms with Gasteiger partial charge in [-0.3, -0.25) is 14.3 Å². The number of rotatable bonds is 3. The number of aliphatic carboxylic acids is 1. The zero-order valence-corrected chi connectivity index (χ0v) is 8.06. The molecule has 0 aliphatic carbocycles. The third kappa shape index (κ3) is 2.94. The first kappa shape index (κ1) is 11.0. The largest absolute Gasteiger partial charge is 0.478 e. The van der Waals surface area contributed by atoms with Gasteiger partial charge in [0.25, 0.3) is 5.56 Å². The predicted octanol–water partition coefficient (Wildman–Crippen LogP) is -0.514. The highest BCUT2D eigenvalue weighted by molar-refractivity contribution is 5.79. The first-order chi connectivity index (χ1) is 7.00. The molecule has 1 aromatic heterocycles. The number of carboxylic acid groups (broad SMARTS) is 1. The molecule has 0 unspecified atom stereocenters. The molecule has 6 nitrogen and oxygen atoms in total. The Balaban J connectivity index is 2.97. The number of H-pyrrole nitrogens is 1. The normalized spacial score (nSPS) is 10.7. The summed E-state index contributed by atoms with van der Waals surface area (Å²) in [4.78, 5) is 34.5. The summed E-state index contributed by atoms with van der Waals surface area (Å²) < 4.78 is 1.22. The van der Waals surface area contributed by atoms with Gasteiger partial charge in [0.05, 0.1) is 0 Å². The minimum atomic E-state index is -1.08. The molecule has 0 fully saturated rings. The molecule has 0 amide bonds. The molecule has 0 aromatic carbocycles. The van der Waals surface area contributed by atoms with E-state index in [-0.39, 0.29) is 6.54 Å². The summed E-state index contributed by atoms with van der Waals surface area (Å²) in [7, 11) is 0. The molecule has 2 N–H and O–H groups in total. The second kappa shape index (κ2) is 4.41. The predicted molar refractivity (Wildman–Crippen MR) is 52.8 cm³/mol. The van der Waals surface area contributed by atoms with Crippen LogP contribution in [0.2, 0.25) is 0 Å². The van der Waals surface area contributed by atoms with Crippen molar-refractivity contribution < 1.29 is 9.90 Å².